The molecule has 3 aromatic rings. The minimum Gasteiger partial charge on any atom is -0.387 e. The Bertz CT molecular complexity index is 1500. The molecule has 6 nitrogen and oxygen atoms in total. The zero-order valence-corrected chi connectivity index (χ0v) is 22.0. The summed E-state index contributed by atoms with van der Waals surface area (Å²) in [6.07, 6.45) is 0.0453. The van der Waals surface area contributed by atoms with Crippen LogP contribution in [0.3, 0.4) is 0 Å². The van der Waals surface area contributed by atoms with E-state index in [1.54, 1.807) is 30.3 Å². The highest BCUT2D eigenvalue weighted by molar-refractivity contribution is 7.92. The Balaban J connectivity index is 1.40. The lowest BCUT2D eigenvalue weighted by atomic mass is 9.73. The summed E-state index contributed by atoms with van der Waals surface area (Å²) in [6.45, 7) is 0. The number of hydrogen-bond acceptors (Lipinski definition) is 5. The monoisotopic (exact) mass is 579 g/mol. The molecule has 0 saturated heterocycles. The molecule has 2 aliphatic rings. The van der Waals surface area contributed by atoms with Gasteiger partial charge in [-0.1, -0.05) is 41.9 Å². The van der Waals surface area contributed by atoms with Crippen LogP contribution >= 0.6 is 11.6 Å². The van der Waals surface area contributed by atoms with Crippen LogP contribution in [0.1, 0.15) is 47.7 Å². The fraction of sp³-hybridized carbons (Fsp3) is 0.321. The third-order valence-corrected chi connectivity index (χ3v) is 10.7. The molecule has 39 heavy (non-hydrogen) atoms. The summed E-state index contributed by atoms with van der Waals surface area (Å²) < 4.78 is 68.1. The van der Waals surface area contributed by atoms with E-state index < -0.39 is 62.0 Å². The predicted molar refractivity (Wildman–Crippen MR) is 138 cm³/mol. The number of rotatable bonds is 6. The third kappa shape index (κ3) is 5.06. The van der Waals surface area contributed by atoms with Crippen LogP contribution in [0.25, 0.3) is 0 Å². The molecule has 2 bridgehead atoms. The van der Waals surface area contributed by atoms with Gasteiger partial charge in [-0.05, 0) is 61.3 Å². The summed E-state index contributed by atoms with van der Waals surface area (Å²) in [5.74, 6) is -6.44. The van der Waals surface area contributed by atoms with E-state index in [4.69, 9.17) is 11.6 Å². The Morgan fingerprint density at radius 1 is 0.974 bits per heavy atom. The number of anilines is 1. The van der Waals surface area contributed by atoms with Gasteiger partial charge in [-0.15, -0.1) is 0 Å². The minimum absolute atomic E-state index is 0.0724. The number of carbonyl (C=O) groups is 1. The molecule has 2 saturated carbocycles. The second kappa shape index (κ2) is 10.2. The number of hydrogen-bond donors (Lipinski definition) is 3. The van der Waals surface area contributed by atoms with E-state index in [1.165, 1.54) is 12.1 Å². The molecule has 206 valence electrons. The zero-order chi connectivity index (χ0) is 28.1. The summed E-state index contributed by atoms with van der Waals surface area (Å²) in [6, 6.07) is 13.5. The molecule has 0 spiro atoms. The van der Waals surface area contributed by atoms with Crippen molar-refractivity contribution in [2.24, 2.45) is 11.8 Å². The number of aliphatic hydroxyl groups excluding tert-OH is 1. The maximum absolute atomic E-state index is 13.9. The molecule has 0 aliphatic heterocycles. The molecule has 0 radical (unpaired) electrons. The lowest BCUT2D eigenvalue weighted by molar-refractivity contribution is -0.113. The average molecular weight is 580 g/mol. The van der Waals surface area contributed by atoms with Gasteiger partial charge in [0.2, 0.25) is 0 Å². The SMILES string of the molecule is O=C(Nc1cc(F)c(F)c(F)c1)c1ccc(Cl)c(S(=O)(=O)C2C3CC[C@H]2CC(O)(C(O)c2ccccc2)C3)c1. The quantitative estimate of drug-likeness (QED) is 0.338. The number of aliphatic hydroxyl groups is 2. The van der Waals surface area contributed by atoms with Gasteiger partial charge in [-0.25, -0.2) is 21.6 Å². The Morgan fingerprint density at radius 2 is 1.56 bits per heavy atom. The highest BCUT2D eigenvalue weighted by atomic mass is 35.5. The van der Waals surface area contributed by atoms with E-state index in [1.807, 2.05) is 0 Å². The topological polar surface area (TPSA) is 104 Å². The van der Waals surface area contributed by atoms with Crippen molar-refractivity contribution in [1.29, 1.82) is 0 Å². The Morgan fingerprint density at radius 3 is 2.15 bits per heavy atom. The molecule has 5 rings (SSSR count). The van der Waals surface area contributed by atoms with Crippen LogP contribution in [-0.2, 0) is 9.84 Å². The fourth-order valence-electron chi connectivity index (χ4n) is 6.09. The van der Waals surface area contributed by atoms with Gasteiger partial charge in [0.05, 0.1) is 20.8 Å². The summed E-state index contributed by atoms with van der Waals surface area (Å²) in [4.78, 5) is 12.5. The molecule has 3 N–H and O–H groups in total. The molecule has 0 aromatic heterocycles. The van der Waals surface area contributed by atoms with E-state index in [2.05, 4.69) is 5.32 Å². The Labute approximate surface area is 228 Å². The molecule has 4 unspecified atom stereocenters. The van der Waals surface area contributed by atoms with Crippen LogP contribution in [0.5, 0.6) is 0 Å². The van der Waals surface area contributed by atoms with Crippen molar-refractivity contribution in [2.75, 3.05) is 5.32 Å². The normalized spacial score (nSPS) is 25.3. The van der Waals surface area contributed by atoms with Crippen molar-refractivity contribution in [3.63, 3.8) is 0 Å². The number of nitrogens with one attached hydrogen (secondary N) is 1. The molecular formula is C28H25ClF3NO5S. The van der Waals surface area contributed by atoms with Gasteiger partial charge in [0, 0.05) is 23.4 Å². The lowest BCUT2D eigenvalue weighted by Gasteiger charge is -2.43. The predicted octanol–water partition coefficient (Wildman–Crippen LogP) is 5.44. The summed E-state index contributed by atoms with van der Waals surface area (Å²) in [7, 11) is -4.09. The van der Waals surface area contributed by atoms with Gasteiger partial charge >= 0.3 is 0 Å². The highest BCUT2D eigenvalue weighted by Crippen LogP contribution is 2.54. The molecule has 3 aromatic carbocycles. The van der Waals surface area contributed by atoms with Crippen molar-refractivity contribution >= 4 is 33.0 Å². The molecule has 11 heteroatoms. The average Bonchev–Trinajstić information content (AvgIpc) is 3.20. The van der Waals surface area contributed by atoms with Crippen molar-refractivity contribution in [3.8, 4) is 0 Å². The van der Waals surface area contributed by atoms with E-state index in [0.29, 0.717) is 30.5 Å². The van der Waals surface area contributed by atoms with E-state index in [9.17, 15) is 36.6 Å². The number of sulfone groups is 1. The van der Waals surface area contributed by atoms with E-state index in [-0.39, 0.29) is 34.0 Å². The van der Waals surface area contributed by atoms with Gasteiger partial charge in [0.25, 0.3) is 5.91 Å². The van der Waals surface area contributed by atoms with E-state index >= 15 is 0 Å². The highest BCUT2D eigenvalue weighted by Gasteiger charge is 2.56. The molecule has 0 heterocycles. The van der Waals surface area contributed by atoms with Crippen LogP contribution in [-0.4, -0.2) is 35.4 Å². The number of carbonyl (C=O) groups excluding carboxylic acids is 1. The van der Waals surface area contributed by atoms with Gasteiger partial charge in [0.15, 0.2) is 27.3 Å². The van der Waals surface area contributed by atoms with E-state index in [0.717, 1.165) is 6.07 Å². The molecule has 2 fully saturated rings. The Kier molecular flexibility index (Phi) is 7.26. The number of amides is 1. The van der Waals surface area contributed by atoms with Gasteiger partial charge in [0.1, 0.15) is 6.10 Å². The summed E-state index contributed by atoms with van der Waals surface area (Å²) in [5, 5.41) is 23.6. The molecular weight excluding hydrogens is 555 g/mol. The maximum Gasteiger partial charge on any atom is 0.255 e. The number of benzene rings is 3. The molecule has 1 amide bonds. The smallest absolute Gasteiger partial charge is 0.255 e. The summed E-state index contributed by atoms with van der Waals surface area (Å²) >= 11 is 6.29. The van der Waals surface area contributed by atoms with Crippen molar-refractivity contribution in [1.82, 2.24) is 0 Å². The standard InChI is InChI=1S/C28H25ClF3NO5S/c29-20-9-8-16(27(35)33-19-11-21(30)24(32)22(31)12-19)10-23(20)39(37,38)25-17-6-7-18(25)14-28(36,13-17)26(34)15-4-2-1-3-5-15/h1-5,8-12,17-18,25-26,34,36H,6-7,13-14H2,(H,33,35)/t17-,18?,25?,26?,28?/m0/s1. The lowest BCUT2D eigenvalue weighted by Crippen LogP contribution is -2.49. The largest absolute Gasteiger partial charge is 0.387 e. The van der Waals surface area contributed by atoms with Crippen LogP contribution in [0.2, 0.25) is 5.02 Å². The van der Waals surface area contributed by atoms with Crippen LogP contribution in [0.4, 0.5) is 18.9 Å². The second-order valence-electron chi connectivity index (χ2n) is 10.3. The first-order valence-electron chi connectivity index (χ1n) is 12.4. The third-order valence-electron chi connectivity index (χ3n) is 7.79. The van der Waals surface area contributed by atoms with Gasteiger partial charge in [-0.3, -0.25) is 4.79 Å². The first kappa shape index (κ1) is 27.6. The molecule has 5 atom stereocenters. The number of fused-ring (bicyclic) bond motifs is 2. The summed E-state index contributed by atoms with van der Waals surface area (Å²) in [5.41, 5.74) is -1.44. The zero-order valence-electron chi connectivity index (χ0n) is 20.5. The minimum atomic E-state index is -4.09. The molecule has 2 aliphatic carbocycles. The maximum atomic E-state index is 13.9. The van der Waals surface area contributed by atoms with Gasteiger partial charge in [-0.2, -0.15) is 0 Å². The van der Waals surface area contributed by atoms with Crippen LogP contribution < -0.4 is 5.32 Å². The first-order valence-corrected chi connectivity index (χ1v) is 14.3. The van der Waals surface area contributed by atoms with Crippen LogP contribution in [0.15, 0.2) is 65.6 Å². The number of halogens is 4. The fourth-order valence-corrected chi connectivity index (χ4v) is 8.93. The second-order valence-corrected chi connectivity index (χ2v) is 12.8. The van der Waals surface area contributed by atoms with Crippen molar-refractivity contribution in [3.05, 3.63) is 94.3 Å². The van der Waals surface area contributed by atoms with Crippen molar-refractivity contribution < 1.29 is 36.6 Å². The van der Waals surface area contributed by atoms with Gasteiger partial charge < -0.3 is 15.5 Å². The Hall–Kier alpha value is -2.92. The van der Waals surface area contributed by atoms with Crippen LogP contribution in [0, 0.1) is 29.3 Å². The first-order chi connectivity index (χ1) is 18.4. The van der Waals surface area contributed by atoms with Crippen molar-refractivity contribution in [2.45, 2.75) is 47.5 Å².